The van der Waals surface area contributed by atoms with Gasteiger partial charge in [0.15, 0.2) is 0 Å². The van der Waals surface area contributed by atoms with Gasteiger partial charge < -0.3 is 4.74 Å². The van der Waals surface area contributed by atoms with E-state index in [1.165, 1.54) is 38.5 Å². The lowest BCUT2D eigenvalue weighted by Gasteiger charge is -2.30. The lowest BCUT2D eigenvalue weighted by molar-refractivity contribution is 0.184. The maximum absolute atomic E-state index is 5.18. The van der Waals surface area contributed by atoms with Crippen LogP contribution in [0.1, 0.15) is 73.1 Å². The first-order chi connectivity index (χ1) is 8.51. The topological polar surface area (TPSA) is 9.23 Å². The number of hydrogen-bond acceptors (Lipinski definition) is 1. The second-order valence-electron chi connectivity index (χ2n) is 6.05. The molecule has 0 aliphatic carbocycles. The monoisotopic (exact) mass is 254 g/mol. The summed E-state index contributed by atoms with van der Waals surface area (Å²) < 4.78 is 5.18. The van der Waals surface area contributed by atoms with Crippen molar-refractivity contribution in [2.45, 2.75) is 73.1 Å². The van der Waals surface area contributed by atoms with E-state index in [0.29, 0.717) is 5.41 Å². The van der Waals surface area contributed by atoms with E-state index in [1.54, 1.807) is 12.7 Å². The van der Waals surface area contributed by atoms with Crippen LogP contribution in [0.2, 0.25) is 0 Å². The van der Waals surface area contributed by atoms with Gasteiger partial charge in [-0.05, 0) is 43.9 Å². The lowest BCUT2D eigenvalue weighted by Crippen LogP contribution is -2.17. The third kappa shape index (κ3) is 6.58. The number of methoxy groups -OCH3 is 1. The van der Waals surface area contributed by atoms with Crippen molar-refractivity contribution < 1.29 is 4.74 Å². The molecule has 0 aromatic heterocycles. The number of hydrogen-bond donors (Lipinski definition) is 0. The van der Waals surface area contributed by atoms with E-state index < -0.39 is 0 Å². The average Bonchev–Trinajstić information content (AvgIpc) is 2.35. The van der Waals surface area contributed by atoms with Gasteiger partial charge in [0.1, 0.15) is 0 Å². The van der Waals surface area contributed by atoms with Gasteiger partial charge in [-0.1, -0.05) is 52.2 Å². The lowest BCUT2D eigenvalue weighted by atomic mass is 9.76. The molecule has 0 saturated heterocycles. The molecule has 1 atom stereocenters. The largest absolute Gasteiger partial charge is 0.385 e. The predicted octanol–water partition coefficient (Wildman–Crippen LogP) is 5.60. The van der Waals surface area contributed by atoms with Crippen LogP contribution in [-0.4, -0.2) is 13.7 Å². The number of rotatable bonds is 10. The Morgan fingerprint density at radius 1 is 1.22 bits per heavy atom. The van der Waals surface area contributed by atoms with Gasteiger partial charge >= 0.3 is 0 Å². The number of allylic oxidation sites excluding steroid dienone is 2. The van der Waals surface area contributed by atoms with Gasteiger partial charge in [0.2, 0.25) is 0 Å². The zero-order valence-corrected chi connectivity index (χ0v) is 13.5. The fraction of sp³-hybridized carbons (Fsp3) is 0.882. The van der Waals surface area contributed by atoms with Gasteiger partial charge in [-0.3, -0.25) is 0 Å². The normalized spacial score (nSPS) is 14.9. The minimum atomic E-state index is 0.363. The Bertz CT molecular complexity index is 228. The van der Waals surface area contributed by atoms with Crippen molar-refractivity contribution in [1.29, 1.82) is 0 Å². The molecular formula is C17H34O. The van der Waals surface area contributed by atoms with Crippen LogP contribution in [-0.2, 0) is 4.74 Å². The van der Waals surface area contributed by atoms with Crippen LogP contribution >= 0.6 is 0 Å². The van der Waals surface area contributed by atoms with E-state index in [2.05, 4.69) is 40.7 Å². The first-order valence-corrected chi connectivity index (χ1v) is 7.66. The van der Waals surface area contributed by atoms with E-state index in [1.807, 2.05) is 0 Å². The standard InChI is InChI=1S/C17H34O/c1-7-11-15(12-10-13-18-6)14-16(8-2)17(4,5)9-3/h8,15H,7,9-14H2,1-6H3. The van der Waals surface area contributed by atoms with E-state index >= 15 is 0 Å². The van der Waals surface area contributed by atoms with Gasteiger partial charge in [-0.15, -0.1) is 0 Å². The predicted molar refractivity (Wildman–Crippen MR) is 82.0 cm³/mol. The van der Waals surface area contributed by atoms with Crippen molar-refractivity contribution in [3.8, 4) is 0 Å². The quantitative estimate of drug-likeness (QED) is 0.364. The summed E-state index contributed by atoms with van der Waals surface area (Å²) in [4.78, 5) is 0. The third-order valence-corrected chi connectivity index (χ3v) is 4.27. The van der Waals surface area contributed by atoms with Crippen LogP contribution in [0.3, 0.4) is 0 Å². The van der Waals surface area contributed by atoms with Crippen molar-refractivity contribution in [2.24, 2.45) is 11.3 Å². The van der Waals surface area contributed by atoms with Crippen LogP contribution in [0.25, 0.3) is 0 Å². The van der Waals surface area contributed by atoms with Crippen molar-refractivity contribution in [3.63, 3.8) is 0 Å². The summed E-state index contributed by atoms with van der Waals surface area (Å²) in [6.45, 7) is 12.4. The van der Waals surface area contributed by atoms with Crippen LogP contribution in [0.5, 0.6) is 0 Å². The van der Waals surface area contributed by atoms with Gasteiger partial charge in [0, 0.05) is 13.7 Å². The molecule has 1 nitrogen and oxygen atoms in total. The summed E-state index contributed by atoms with van der Waals surface area (Å²) in [5, 5.41) is 0. The van der Waals surface area contributed by atoms with E-state index in [4.69, 9.17) is 4.74 Å². The maximum Gasteiger partial charge on any atom is 0.0462 e. The van der Waals surface area contributed by atoms with Crippen molar-refractivity contribution >= 4 is 0 Å². The molecule has 0 aromatic rings. The molecule has 0 aliphatic heterocycles. The fourth-order valence-electron chi connectivity index (χ4n) is 2.60. The molecule has 0 saturated carbocycles. The molecule has 1 heteroatoms. The molecule has 0 radical (unpaired) electrons. The van der Waals surface area contributed by atoms with Crippen LogP contribution in [0, 0.1) is 11.3 Å². The van der Waals surface area contributed by atoms with Crippen LogP contribution < -0.4 is 0 Å². The maximum atomic E-state index is 5.18. The Balaban J connectivity index is 4.44. The minimum absolute atomic E-state index is 0.363. The SMILES string of the molecule is CC=C(CC(CCC)CCCOC)C(C)(C)CC. The summed E-state index contributed by atoms with van der Waals surface area (Å²) in [7, 11) is 1.80. The molecule has 0 bridgehead atoms. The fourth-order valence-corrected chi connectivity index (χ4v) is 2.60. The smallest absolute Gasteiger partial charge is 0.0462 e. The van der Waals surface area contributed by atoms with E-state index in [-0.39, 0.29) is 0 Å². The highest BCUT2D eigenvalue weighted by Crippen LogP contribution is 2.36. The molecule has 0 amide bonds. The van der Waals surface area contributed by atoms with Crippen molar-refractivity contribution in [3.05, 3.63) is 11.6 Å². The average molecular weight is 254 g/mol. The number of ether oxygens (including phenoxy) is 1. The highest BCUT2D eigenvalue weighted by atomic mass is 16.5. The van der Waals surface area contributed by atoms with E-state index in [0.717, 1.165) is 12.5 Å². The molecule has 0 heterocycles. The molecule has 0 spiro atoms. The molecule has 0 rings (SSSR count). The first-order valence-electron chi connectivity index (χ1n) is 7.66. The van der Waals surface area contributed by atoms with Crippen LogP contribution in [0.4, 0.5) is 0 Å². The third-order valence-electron chi connectivity index (χ3n) is 4.27. The van der Waals surface area contributed by atoms with Crippen molar-refractivity contribution in [1.82, 2.24) is 0 Å². The Kier molecular flexibility index (Phi) is 9.45. The second kappa shape index (κ2) is 9.61. The molecule has 0 aliphatic rings. The summed E-state index contributed by atoms with van der Waals surface area (Å²) in [5.41, 5.74) is 2.00. The zero-order chi connectivity index (χ0) is 14.0. The zero-order valence-electron chi connectivity index (χ0n) is 13.5. The summed E-state index contributed by atoms with van der Waals surface area (Å²) in [6, 6.07) is 0. The molecule has 18 heavy (non-hydrogen) atoms. The van der Waals surface area contributed by atoms with Gasteiger partial charge in [-0.2, -0.15) is 0 Å². The summed E-state index contributed by atoms with van der Waals surface area (Å²) >= 11 is 0. The van der Waals surface area contributed by atoms with Crippen LogP contribution in [0.15, 0.2) is 11.6 Å². The Morgan fingerprint density at radius 3 is 2.33 bits per heavy atom. The Labute approximate surface area is 115 Å². The second-order valence-corrected chi connectivity index (χ2v) is 6.05. The molecular weight excluding hydrogens is 220 g/mol. The molecule has 0 N–H and O–H groups in total. The van der Waals surface area contributed by atoms with Gasteiger partial charge in [0.05, 0.1) is 0 Å². The first kappa shape index (κ1) is 17.7. The molecule has 0 aromatic carbocycles. The summed E-state index contributed by atoms with van der Waals surface area (Å²) in [6.07, 6.45) is 9.99. The van der Waals surface area contributed by atoms with Gasteiger partial charge in [0.25, 0.3) is 0 Å². The highest BCUT2D eigenvalue weighted by Gasteiger charge is 2.22. The molecule has 108 valence electrons. The van der Waals surface area contributed by atoms with Gasteiger partial charge in [-0.25, -0.2) is 0 Å². The Morgan fingerprint density at radius 2 is 1.89 bits per heavy atom. The molecule has 1 unspecified atom stereocenters. The van der Waals surface area contributed by atoms with E-state index in [9.17, 15) is 0 Å². The minimum Gasteiger partial charge on any atom is -0.385 e. The highest BCUT2D eigenvalue weighted by molar-refractivity contribution is 5.11. The Hall–Kier alpha value is -0.300. The van der Waals surface area contributed by atoms with Crippen molar-refractivity contribution in [2.75, 3.05) is 13.7 Å². The summed E-state index contributed by atoms with van der Waals surface area (Å²) in [5.74, 6) is 0.835. The molecule has 0 fully saturated rings.